The van der Waals surface area contributed by atoms with Crippen molar-refractivity contribution in [2.45, 2.75) is 65.2 Å². The number of amides is 1. The van der Waals surface area contributed by atoms with Crippen molar-refractivity contribution in [3.05, 3.63) is 24.3 Å². The van der Waals surface area contributed by atoms with E-state index in [1.54, 1.807) is 0 Å². The van der Waals surface area contributed by atoms with Gasteiger partial charge in [0.05, 0.1) is 0 Å². The fraction of sp³-hybridized carbons (Fsp3) is 0.611. The van der Waals surface area contributed by atoms with Crippen molar-refractivity contribution in [2.75, 3.05) is 17.2 Å². The molecule has 0 saturated carbocycles. The van der Waals surface area contributed by atoms with Crippen molar-refractivity contribution in [1.82, 2.24) is 0 Å². The van der Waals surface area contributed by atoms with Crippen molar-refractivity contribution in [3.8, 4) is 0 Å². The summed E-state index contributed by atoms with van der Waals surface area (Å²) in [5.41, 5.74) is 2.00. The fourth-order valence-electron chi connectivity index (χ4n) is 2.21. The molecule has 21 heavy (non-hydrogen) atoms. The predicted octanol–water partition coefficient (Wildman–Crippen LogP) is 5.20. The first kappa shape index (κ1) is 17.5. The molecule has 0 aliphatic carbocycles. The van der Waals surface area contributed by atoms with Crippen LogP contribution in [0.4, 0.5) is 11.4 Å². The second-order valence-corrected chi connectivity index (χ2v) is 5.57. The first-order valence-electron chi connectivity index (χ1n) is 8.40. The molecule has 0 aromatic heterocycles. The molecule has 0 spiro atoms. The fourth-order valence-corrected chi connectivity index (χ4v) is 2.21. The highest BCUT2D eigenvalue weighted by atomic mass is 16.1. The zero-order valence-corrected chi connectivity index (χ0v) is 13.6. The number of unbranched alkanes of at least 4 members (excludes halogenated alkanes) is 5. The predicted molar refractivity (Wildman–Crippen MR) is 91.8 cm³/mol. The smallest absolute Gasteiger partial charge is 0.224 e. The minimum Gasteiger partial charge on any atom is -0.385 e. The van der Waals surface area contributed by atoms with Crippen LogP contribution in [0.3, 0.4) is 0 Å². The van der Waals surface area contributed by atoms with E-state index in [2.05, 4.69) is 24.5 Å². The molecule has 0 bridgehead atoms. The van der Waals surface area contributed by atoms with E-state index in [0.717, 1.165) is 37.2 Å². The summed E-state index contributed by atoms with van der Waals surface area (Å²) in [7, 11) is 0. The van der Waals surface area contributed by atoms with Crippen LogP contribution in [0.1, 0.15) is 65.2 Å². The quantitative estimate of drug-likeness (QED) is 0.550. The van der Waals surface area contributed by atoms with Crippen LogP contribution < -0.4 is 10.6 Å². The third-order valence-corrected chi connectivity index (χ3v) is 3.54. The number of benzene rings is 1. The van der Waals surface area contributed by atoms with Gasteiger partial charge in [-0.3, -0.25) is 4.79 Å². The van der Waals surface area contributed by atoms with Gasteiger partial charge < -0.3 is 10.6 Å². The number of carbonyl (C=O) groups excluding carboxylic acids is 1. The maximum Gasteiger partial charge on any atom is 0.224 e. The average molecular weight is 290 g/mol. The molecule has 2 N–H and O–H groups in total. The van der Waals surface area contributed by atoms with Gasteiger partial charge in [-0.1, -0.05) is 46.0 Å². The van der Waals surface area contributed by atoms with Gasteiger partial charge in [-0.05, 0) is 37.1 Å². The molecule has 0 unspecified atom stereocenters. The highest BCUT2D eigenvalue weighted by Gasteiger charge is 2.01. The molecule has 0 fully saturated rings. The molecule has 0 aliphatic heterocycles. The van der Waals surface area contributed by atoms with E-state index in [9.17, 15) is 4.79 Å². The van der Waals surface area contributed by atoms with Gasteiger partial charge in [-0.15, -0.1) is 0 Å². The third-order valence-electron chi connectivity index (χ3n) is 3.54. The Hall–Kier alpha value is -1.51. The van der Waals surface area contributed by atoms with E-state index in [0.29, 0.717) is 6.42 Å². The number of nitrogens with one attached hydrogen (secondary N) is 2. The summed E-state index contributed by atoms with van der Waals surface area (Å²) in [5.74, 6) is 0.115. The maximum atomic E-state index is 11.7. The van der Waals surface area contributed by atoms with Crippen molar-refractivity contribution in [1.29, 1.82) is 0 Å². The lowest BCUT2D eigenvalue weighted by molar-refractivity contribution is -0.116. The molecule has 1 aromatic rings. The van der Waals surface area contributed by atoms with Gasteiger partial charge in [0.25, 0.3) is 0 Å². The summed E-state index contributed by atoms with van der Waals surface area (Å²) in [6.07, 6.45) is 8.93. The van der Waals surface area contributed by atoms with Gasteiger partial charge in [-0.2, -0.15) is 0 Å². The largest absolute Gasteiger partial charge is 0.385 e. The normalized spacial score (nSPS) is 10.4. The Morgan fingerprint density at radius 3 is 2.14 bits per heavy atom. The summed E-state index contributed by atoms with van der Waals surface area (Å²) >= 11 is 0. The Kier molecular flexibility index (Phi) is 9.34. The Labute approximate surface area is 129 Å². The highest BCUT2D eigenvalue weighted by Crippen LogP contribution is 2.14. The summed E-state index contributed by atoms with van der Waals surface area (Å²) in [6, 6.07) is 7.99. The van der Waals surface area contributed by atoms with E-state index in [-0.39, 0.29) is 5.91 Å². The van der Waals surface area contributed by atoms with E-state index < -0.39 is 0 Å². The zero-order valence-electron chi connectivity index (χ0n) is 13.6. The van der Waals surface area contributed by atoms with Crippen molar-refractivity contribution < 1.29 is 4.79 Å². The third kappa shape index (κ3) is 8.38. The standard InChI is InChI=1S/C18H30N2O/c1-3-5-7-9-15-19-16-11-13-17(14-12-16)20-18(21)10-8-6-4-2/h11-14,19H,3-10,15H2,1-2H3,(H,20,21). The van der Waals surface area contributed by atoms with E-state index >= 15 is 0 Å². The molecule has 3 nitrogen and oxygen atoms in total. The van der Waals surface area contributed by atoms with Gasteiger partial charge in [0.2, 0.25) is 5.91 Å². The molecule has 0 saturated heterocycles. The molecular weight excluding hydrogens is 260 g/mol. The first-order valence-corrected chi connectivity index (χ1v) is 8.40. The number of carbonyl (C=O) groups is 1. The van der Waals surface area contributed by atoms with Crippen molar-refractivity contribution >= 4 is 17.3 Å². The second-order valence-electron chi connectivity index (χ2n) is 5.57. The van der Waals surface area contributed by atoms with Crippen molar-refractivity contribution in [2.24, 2.45) is 0 Å². The molecular formula is C18H30N2O. The van der Waals surface area contributed by atoms with E-state index in [4.69, 9.17) is 0 Å². The summed E-state index contributed by atoms with van der Waals surface area (Å²) in [6.45, 7) is 5.39. The van der Waals surface area contributed by atoms with Crippen LogP contribution in [-0.2, 0) is 4.79 Å². The zero-order chi connectivity index (χ0) is 15.3. The molecule has 0 atom stereocenters. The Balaban J connectivity index is 2.25. The van der Waals surface area contributed by atoms with Crippen LogP contribution in [0.25, 0.3) is 0 Å². The minimum atomic E-state index is 0.115. The van der Waals surface area contributed by atoms with E-state index in [1.807, 2.05) is 24.3 Å². The van der Waals surface area contributed by atoms with E-state index in [1.165, 1.54) is 25.7 Å². The van der Waals surface area contributed by atoms with Gasteiger partial charge in [0, 0.05) is 24.3 Å². The Morgan fingerprint density at radius 2 is 1.48 bits per heavy atom. The molecule has 0 heterocycles. The molecule has 1 rings (SSSR count). The molecule has 1 amide bonds. The number of hydrogen-bond donors (Lipinski definition) is 2. The SMILES string of the molecule is CCCCCCNc1ccc(NC(=O)CCCCC)cc1. The summed E-state index contributed by atoms with van der Waals surface area (Å²) in [5, 5.41) is 6.36. The van der Waals surface area contributed by atoms with Crippen LogP contribution in [0.2, 0.25) is 0 Å². The average Bonchev–Trinajstić information content (AvgIpc) is 2.49. The summed E-state index contributed by atoms with van der Waals surface area (Å²) in [4.78, 5) is 11.7. The van der Waals surface area contributed by atoms with Gasteiger partial charge >= 0.3 is 0 Å². The monoisotopic (exact) mass is 290 g/mol. The molecule has 1 aromatic carbocycles. The van der Waals surface area contributed by atoms with Crippen LogP contribution in [0, 0.1) is 0 Å². The number of hydrogen-bond acceptors (Lipinski definition) is 2. The molecule has 0 aliphatic rings. The van der Waals surface area contributed by atoms with Gasteiger partial charge in [-0.25, -0.2) is 0 Å². The Bertz CT molecular complexity index is 387. The minimum absolute atomic E-state index is 0.115. The van der Waals surface area contributed by atoms with Crippen LogP contribution in [0.5, 0.6) is 0 Å². The topological polar surface area (TPSA) is 41.1 Å². The van der Waals surface area contributed by atoms with Gasteiger partial charge in [0.15, 0.2) is 0 Å². The summed E-state index contributed by atoms with van der Waals surface area (Å²) < 4.78 is 0. The van der Waals surface area contributed by atoms with Gasteiger partial charge in [0.1, 0.15) is 0 Å². The lowest BCUT2D eigenvalue weighted by atomic mass is 10.2. The van der Waals surface area contributed by atoms with Crippen molar-refractivity contribution in [3.63, 3.8) is 0 Å². The van der Waals surface area contributed by atoms with Crippen LogP contribution >= 0.6 is 0 Å². The first-order chi connectivity index (χ1) is 10.3. The van der Waals surface area contributed by atoms with Crippen LogP contribution in [-0.4, -0.2) is 12.5 Å². The van der Waals surface area contributed by atoms with Crippen LogP contribution in [0.15, 0.2) is 24.3 Å². The maximum absolute atomic E-state index is 11.7. The lowest BCUT2D eigenvalue weighted by Crippen LogP contribution is -2.11. The number of anilines is 2. The molecule has 3 heteroatoms. The number of rotatable bonds is 11. The Morgan fingerprint density at radius 1 is 0.857 bits per heavy atom. The lowest BCUT2D eigenvalue weighted by Gasteiger charge is -2.08. The second kappa shape index (κ2) is 11.2. The molecule has 118 valence electrons. The highest BCUT2D eigenvalue weighted by molar-refractivity contribution is 5.90. The molecule has 0 radical (unpaired) electrons.